The topological polar surface area (TPSA) is 104 Å². The molecule has 1 aromatic carbocycles. The number of halogens is 1. The summed E-state index contributed by atoms with van der Waals surface area (Å²) in [6.07, 6.45) is 3.30. The molecule has 3 rings (SSSR count). The van der Waals surface area contributed by atoms with Crippen LogP contribution in [0.3, 0.4) is 0 Å². The summed E-state index contributed by atoms with van der Waals surface area (Å²) in [5.41, 5.74) is 1.82. The van der Waals surface area contributed by atoms with Crippen molar-refractivity contribution in [2.45, 2.75) is 18.9 Å². The Morgan fingerprint density at radius 1 is 1.26 bits per heavy atom. The van der Waals surface area contributed by atoms with Crippen LogP contribution in [0, 0.1) is 13.8 Å². The molecule has 1 amide bonds. The summed E-state index contributed by atoms with van der Waals surface area (Å²) in [6, 6.07) is 6.74. The van der Waals surface area contributed by atoms with Crippen LogP contribution in [0.15, 0.2) is 40.0 Å². The summed E-state index contributed by atoms with van der Waals surface area (Å²) in [5.74, 6) is 0.0426. The number of aryl methyl sites for hydroxylation is 2. The highest BCUT2D eigenvalue weighted by Gasteiger charge is 2.22. The maximum absolute atomic E-state index is 12.7. The predicted octanol–water partition coefficient (Wildman–Crippen LogP) is 4.53. The first kappa shape index (κ1) is 22.6. The van der Waals surface area contributed by atoms with Gasteiger partial charge in [0.2, 0.25) is 0 Å². The maximum atomic E-state index is 12.7. The molecule has 10 heteroatoms. The average Bonchev–Trinajstić information content (AvgIpc) is 3.28. The number of furan rings is 1. The number of amides is 1. The van der Waals surface area contributed by atoms with Crippen LogP contribution < -0.4 is 10.1 Å². The highest BCUT2D eigenvalue weighted by atomic mass is 35.5. The molecule has 162 valence electrons. The van der Waals surface area contributed by atoms with Gasteiger partial charge in [0.15, 0.2) is 18.2 Å². The minimum Gasteiger partial charge on any atom is -0.495 e. The fourth-order valence-corrected chi connectivity index (χ4v) is 3.53. The summed E-state index contributed by atoms with van der Waals surface area (Å²) in [7, 11) is 1.47. The molecule has 0 saturated carbocycles. The van der Waals surface area contributed by atoms with Crippen LogP contribution in [0.25, 0.3) is 11.6 Å². The quantitative estimate of drug-likeness (QED) is 0.311. The Kier molecular flexibility index (Phi) is 7.19. The number of rotatable bonds is 7. The van der Waals surface area contributed by atoms with Gasteiger partial charge >= 0.3 is 5.97 Å². The minimum absolute atomic E-state index is 0.204. The first-order chi connectivity index (χ1) is 14.8. The van der Waals surface area contributed by atoms with Crippen molar-refractivity contribution in [1.29, 1.82) is 0 Å². The highest BCUT2D eigenvalue weighted by Crippen LogP contribution is 2.31. The van der Waals surface area contributed by atoms with Crippen LogP contribution in [0.4, 0.5) is 5.69 Å². The Morgan fingerprint density at radius 3 is 2.68 bits per heavy atom. The average molecular weight is 462 g/mol. The molecule has 0 bridgehead atoms. The second-order valence-electron chi connectivity index (χ2n) is 6.42. The number of ether oxygens (including phenoxy) is 2. The van der Waals surface area contributed by atoms with Gasteiger partial charge in [-0.15, -0.1) is 11.8 Å². The van der Waals surface area contributed by atoms with Gasteiger partial charge < -0.3 is 19.2 Å². The van der Waals surface area contributed by atoms with Gasteiger partial charge in [-0.2, -0.15) is 0 Å². The fourth-order valence-electron chi connectivity index (χ4n) is 2.76. The number of hydrogen-bond acceptors (Lipinski definition) is 8. The van der Waals surface area contributed by atoms with E-state index in [0.717, 1.165) is 5.56 Å². The first-order valence-electron chi connectivity index (χ1n) is 9.11. The van der Waals surface area contributed by atoms with E-state index in [-0.39, 0.29) is 5.56 Å². The molecule has 1 N–H and O–H groups in total. The number of aromatic nitrogens is 2. The standard InChI is InChI=1S/C21H20ClN3O5S/c1-11-8-14(16(28-3)9-13(11)22)24-17(26)10-30-21(27)18-12(2)23-19(25-20(18)31-4)15-6-5-7-29-15/h5-9H,10H2,1-4H3,(H,24,26). The van der Waals surface area contributed by atoms with Crippen molar-refractivity contribution in [3.05, 3.63) is 52.4 Å². The molecule has 0 unspecified atom stereocenters. The lowest BCUT2D eigenvalue weighted by Gasteiger charge is -2.13. The number of carbonyl (C=O) groups excluding carboxylic acids is 2. The van der Waals surface area contributed by atoms with Crippen LogP contribution in [0.1, 0.15) is 21.6 Å². The summed E-state index contributed by atoms with van der Waals surface area (Å²) in [5, 5.41) is 3.60. The Hall–Kier alpha value is -3.04. The van der Waals surface area contributed by atoms with Crippen molar-refractivity contribution in [3.63, 3.8) is 0 Å². The fraction of sp³-hybridized carbons (Fsp3) is 0.238. The second-order valence-corrected chi connectivity index (χ2v) is 7.62. The number of thioether (sulfide) groups is 1. The molecule has 8 nitrogen and oxygen atoms in total. The molecule has 31 heavy (non-hydrogen) atoms. The van der Waals surface area contributed by atoms with Crippen molar-refractivity contribution >= 4 is 40.9 Å². The molecule has 0 spiro atoms. The van der Waals surface area contributed by atoms with Crippen molar-refractivity contribution in [3.8, 4) is 17.3 Å². The minimum atomic E-state index is -0.692. The zero-order valence-electron chi connectivity index (χ0n) is 17.3. The number of methoxy groups -OCH3 is 1. The number of esters is 1. The molecular formula is C21H20ClN3O5S. The Labute approximate surface area is 188 Å². The smallest absolute Gasteiger partial charge is 0.343 e. The van der Waals surface area contributed by atoms with Crippen molar-refractivity contribution in [2.75, 3.05) is 25.3 Å². The van der Waals surface area contributed by atoms with Crippen molar-refractivity contribution in [1.82, 2.24) is 9.97 Å². The van der Waals surface area contributed by atoms with E-state index in [1.54, 1.807) is 44.4 Å². The molecular weight excluding hydrogens is 442 g/mol. The molecule has 0 saturated heterocycles. The molecule has 0 radical (unpaired) electrons. The molecule has 2 aromatic heterocycles. The third-order valence-electron chi connectivity index (χ3n) is 4.28. The van der Waals surface area contributed by atoms with Gasteiger partial charge in [0.25, 0.3) is 5.91 Å². The summed E-state index contributed by atoms with van der Waals surface area (Å²) in [6.45, 7) is 2.99. The Balaban J connectivity index is 1.72. The number of anilines is 1. The Bertz CT molecular complexity index is 1120. The van der Waals surface area contributed by atoms with Crippen LogP contribution in [0.5, 0.6) is 5.75 Å². The molecule has 0 atom stereocenters. The van der Waals surface area contributed by atoms with Gasteiger partial charge in [0.05, 0.1) is 24.8 Å². The van der Waals surface area contributed by atoms with Crippen LogP contribution in [0.2, 0.25) is 5.02 Å². The second kappa shape index (κ2) is 9.84. The zero-order chi connectivity index (χ0) is 22.5. The van der Waals surface area contributed by atoms with E-state index in [2.05, 4.69) is 15.3 Å². The van der Waals surface area contributed by atoms with Gasteiger partial charge in [0, 0.05) is 11.1 Å². The molecule has 0 fully saturated rings. The lowest BCUT2D eigenvalue weighted by molar-refractivity contribution is -0.119. The third kappa shape index (κ3) is 5.18. The number of carbonyl (C=O) groups is 2. The molecule has 0 aliphatic rings. The summed E-state index contributed by atoms with van der Waals surface area (Å²) < 4.78 is 15.8. The summed E-state index contributed by atoms with van der Waals surface area (Å²) in [4.78, 5) is 33.7. The van der Waals surface area contributed by atoms with E-state index in [1.807, 2.05) is 0 Å². The van der Waals surface area contributed by atoms with Crippen LogP contribution >= 0.6 is 23.4 Å². The maximum Gasteiger partial charge on any atom is 0.343 e. The first-order valence-corrected chi connectivity index (χ1v) is 10.7. The molecule has 3 aromatic rings. The van der Waals surface area contributed by atoms with Gasteiger partial charge in [-0.25, -0.2) is 14.8 Å². The highest BCUT2D eigenvalue weighted by molar-refractivity contribution is 7.98. The number of benzene rings is 1. The Morgan fingerprint density at radius 2 is 2.03 bits per heavy atom. The van der Waals surface area contributed by atoms with Crippen molar-refractivity contribution in [2.24, 2.45) is 0 Å². The zero-order valence-corrected chi connectivity index (χ0v) is 18.9. The largest absolute Gasteiger partial charge is 0.495 e. The SMILES string of the molecule is COc1cc(Cl)c(C)cc1NC(=O)COC(=O)c1c(C)nc(-c2ccco2)nc1SC. The van der Waals surface area contributed by atoms with Gasteiger partial charge in [0.1, 0.15) is 16.3 Å². The summed E-state index contributed by atoms with van der Waals surface area (Å²) >= 11 is 7.35. The normalized spacial score (nSPS) is 10.6. The van der Waals surface area contributed by atoms with Crippen LogP contribution in [-0.2, 0) is 9.53 Å². The monoisotopic (exact) mass is 461 g/mol. The number of hydrogen-bond donors (Lipinski definition) is 1. The van der Waals surface area contributed by atoms with Gasteiger partial charge in [-0.3, -0.25) is 4.79 Å². The van der Waals surface area contributed by atoms with E-state index in [9.17, 15) is 9.59 Å². The van der Waals surface area contributed by atoms with E-state index in [4.69, 9.17) is 25.5 Å². The third-order valence-corrected chi connectivity index (χ3v) is 5.37. The molecule has 0 aliphatic carbocycles. The van der Waals surface area contributed by atoms with E-state index in [0.29, 0.717) is 38.8 Å². The number of nitrogens with one attached hydrogen (secondary N) is 1. The van der Waals surface area contributed by atoms with Gasteiger partial charge in [-0.05, 0) is 43.9 Å². The van der Waals surface area contributed by atoms with E-state index < -0.39 is 18.5 Å². The lowest BCUT2D eigenvalue weighted by atomic mass is 10.2. The van der Waals surface area contributed by atoms with Crippen molar-refractivity contribution < 1.29 is 23.5 Å². The van der Waals surface area contributed by atoms with Crippen LogP contribution in [-0.4, -0.2) is 41.8 Å². The van der Waals surface area contributed by atoms with E-state index >= 15 is 0 Å². The van der Waals surface area contributed by atoms with E-state index in [1.165, 1.54) is 25.1 Å². The number of nitrogens with zero attached hydrogens (tertiary/aromatic N) is 2. The predicted molar refractivity (Wildman–Crippen MR) is 118 cm³/mol. The molecule has 0 aliphatic heterocycles. The van der Waals surface area contributed by atoms with Gasteiger partial charge in [-0.1, -0.05) is 11.6 Å². The molecule has 2 heterocycles. The lowest BCUT2D eigenvalue weighted by Crippen LogP contribution is -2.22.